The summed E-state index contributed by atoms with van der Waals surface area (Å²) in [6.07, 6.45) is 37.6. The van der Waals surface area contributed by atoms with Crippen LogP contribution in [-0.4, -0.2) is 69.1 Å². The van der Waals surface area contributed by atoms with E-state index in [1.807, 2.05) is 164 Å². The van der Waals surface area contributed by atoms with Crippen LogP contribution in [0.1, 0.15) is 116 Å². The van der Waals surface area contributed by atoms with Gasteiger partial charge in [0.1, 0.15) is 4.83 Å². The summed E-state index contributed by atoms with van der Waals surface area (Å²) in [7, 11) is -4.33. The van der Waals surface area contributed by atoms with Crippen LogP contribution in [0.5, 0.6) is 0 Å². The summed E-state index contributed by atoms with van der Waals surface area (Å²) in [5.74, 6) is 2.66. The average molecular weight is 2330 g/mol. The molecule has 673 valence electrons. The second-order valence-electron chi connectivity index (χ2n) is 37.6. The summed E-state index contributed by atoms with van der Waals surface area (Å²) >= 11 is 1.74. The van der Waals surface area contributed by atoms with E-state index in [1.165, 1.54) is 166 Å². The quantitative estimate of drug-likeness (QED) is 0.0681. The van der Waals surface area contributed by atoms with E-state index in [0.717, 1.165) is 112 Å². The van der Waals surface area contributed by atoms with E-state index in [1.54, 1.807) is 36.1 Å². The fourth-order valence-corrected chi connectivity index (χ4v) is 24.6. The maximum atomic E-state index is 5.86. The molecule has 3 radical (unpaired) electrons. The van der Waals surface area contributed by atoms with Crippen molar-refractivity contribution in [3.8, 4) is 78.7 Å². The van der Waals surface area contributed by atoms with Gasteiger partial charge in [-0.1, -0.05) is 266 Å². The van der Waals surface area contributed by atoms with Crippen LogP contribution in [-0.2, 0) is 79.6 Å². The molecular weight excluding hydrogens is 2220 g/mol. The Morgan fingerprint density at radius 3 is 1.17 bits per heavy atom. The van der Waals surface area contributed by atoms with E-state index in [-0.39, 0.29) is 66.2 Å². The Morgan fingerprint density at radius 2 is 0.727 bits per heavy atom. The van der Waals surface area contributed by atoms with E-state index >= 15 is 0 Å². The number of furan rings is 1. The number of benzene rings is 7. The molecule has 1 unspecified atom stereocenters. The maximum absolute atomic E-state index is 5.86. The number of hydrogen-bond donors (Lipinski definition) is 0. The third-order valence-electron chi connectivity index (χ3n) is 25.3. The summed E-state index contributed by atoms with van der Waals surface area (Å²) in [6.45, 7) is 21.9. The summed E-state index contributed by atoms with van der Waals surface area (Å²) in [5.41, 5.74) is 24.6. The Morgan fingerprint density at radius 1 is 0.326 bits per heavy atom. The molecule has 0 N–H and O–H groups in total. The van der Waals surface area contributed by atoms with Gasteiger partial charge in [-0.3, -0.25) is 4.98 Å². The predicted octanol–water partition coefficient (Wildman–Crippen LogP) is 27.7. The third kappa shape index (κ3) is 24.2. The minimum atomic E-state index is -1.47. The molecule has 10 nitrogen and oxygen atoms in total. The minimum absolute atomic E-state index is 0. The van der Waals surface area contributed by atoms with Crippen molar-refractivity contribution in [1.82, 2.24) is 44.9 Å². The molecule has 17 heteroatoms. The number of thiophene rings is 1. The smallest absolute Gasteiger partial charge is 0.216 e. The summed E-state index contributed by atoms with van der Waals surface area (Å²) in [4.78, 5) is 42.2. The van der Waals surface area contributed by atoms with Crippen LogP contribution in [0.25, 0.3) is 121 Å². The van der Waals surface area contributed by atoms with Crippen LogP contribution in [0.2, 0.25) is 58.9 Å². The Bertz CT molecular complexity index is 6280. The molecule has 11 heterocycles. The van der Waals surface area contributed by atoms with Crippen molar-refractivity contribution in [2.45, 2.75) is 161 Å². The molecule has 132 heavy (non-hydrogen) atoms. The average Bonchev–Trinajstić information content (AvgIpc) is 1.59. The fourth-order valence-electron chi connectivity index (χ4n) is 18.8. The van der Waals surface area contributed by atoms with E-state index in [4.69, 9.17) is 24.4 Å². The summed E-state index contributed by atoms with van der Waals surface area (Å²) < 4.78 is 7.11. The van der Waals surface area contributed by atoms with Gasteiger partial charge in [-0.25, -0.2) is 9.97 Å². The molecule has 0 saturated heterocycles. The van der Waals surface area contributed by atoms with Gasteiger partial charge in [0.25, 0.3) is 0 Å². The first-order valence-corrected chi connectivity index (χ1v) is 57.3. The van der Waals surface area contributed by atoms with Crippen LogP contribution in [0.15, 0.2) is 309 Å². The normalized spacial score (nSPS) is 14.1. The van der Waals surface area contributed by atoms with E-state index in [9.17, 15) is 0 Å². The Labute approximate surface area is 827 Å². The van der Waals surface area contributed by atoms with E-state index in [0.29, 0.717) is 5.71 Å². The fraction of sp³-hybridized carbons (Fsp3) is 0.243. The molecular formula is C115H111Ir3N9OSSi3-6. The van der Waals surface area contributed by atoms with Crippen molar-refractivity contribution in [2.24, 2.45) is 17.8 Å². The zero-order chi connectivity index (χ0) is 88.7. The van der Waals surface area contributed by atoms with Crippen LogP contribution >= 0.6 is 11.3 Å². The molecule has 3 fully saturated rings. The Balaban J connectivity index is 0.000000133. The van der Waals surface area contributed by atoms with Gasteiger partial charge in [0, 0.05) is 133 Å². The molecule has 4 aliphatic rings. The van der Waals surface area contributed by atoms with Crippen molar-refractivity contribution in [3.63, 3.8) is 0 Å². The van der Waals surface area contributed by atoms with Gasteiger partial charge in [-0.05, 0) is 150 Å². The number of fused-ring (bicyclic) bond motifs is 9. The summed E-state index contributed by atoms with van der Waals surface area (Å²) in [6, 6.07) is 104. The van der Waals surface area contributed by atoms with Crippen molar-refractivity contribution in [2.75, 3.05) is 0 Å². The third-order valence-corrected chi connectivity index (χ3v) is 32.6. The van der Waals surface area contributed by atoms with Gasteiger partial charge in [0.05, 0.1) is 29.8 Å². The zero-order valence-corrected chi connectivity index (χ0v) is 87.6. The van der Waals surface area contributed by atoms with Crippen molar-refractivity contribution in [1.29, 1.82) is 0 Å². The number of aromatic nitrogens is 9. The van der Waals surface area contributed by atoms with Crippen molar-refractivity contribution >= 4 is 93.5 Å². The standard InChI is InChI=1S/C32H33N2Si.C25H27N2OSi.C25H27N2SSi.3C11H8N.3Ir/c1-35(2,3)30-21-34-29(20-25(30)18-22-10-7-8-11-22)24-15-16-26-28(19-24)27-14-9-17-33-32(27)31(26)23-12-5-4-6-13-23;2*1-29(2,3)24-16-27-22(15-19(24)13-17-7-4-5-8-17)18-10-11-23-21(14-18)20-9-6-12-26-25(20)28-23;3*1-2-6-10(7-3-1)11-8-4-5-9-12-11;;;/h4-6,9,12-14,16-17,19-22,31H,7-8,10-11,18H2,1-3H3;2*6,9,11-12,14-17H,4-5,7-8,13H2,1-3H3;3*1-6,8-9H;;;/q6*-1;;;. The van der Waals surface area contributed by atoms with Gasteiger partial charge in [0.2, 0.25) is 5.71 Å². The minimum Gasteiger partial charge on any atom is -0.486 e. The first-order valence-electron chi connectivity index (χ1n) is 45.9. The molecule has 3 saturated carbocycles. The van der Waals surface area contributed by atoms with Gasteiger partial charge >= 0.3 is 0 Å². The van der Waals surface area contributed by atoms with Crippen molar-refractivity contribution in [3.05, 3.63) is 374 Å². The molecule has 0 aliphatic heterocycles. The number of rotatable bonds is 16. The molecule has 0 amide bonds. The monoisotopic (exact) mass is 2330 g/mol. The second kappa shape index (κ2) is 45.5. The second-order valence-corrected chi connectivity index (χ2v) is 53.8. The van der Waals surface area contributed by atoms with Crippen LogP contribution < -0.4 is 15.6 Å². The molecule has 4 aliphatic carbocycles. The largest absolute Gasteiger partial charge is 0.486 e. The van der Waals surface area contributed by atoms with Gasteiger partial charge < -0.3 is 34.3 Å². The SMILES string of the molecule is C[Si](C)(C)c1cnc(-c2[c-]cc3c(c2)-c2cccnc2C3c2ccccc2)cc1CC1CCCC1.C[Si](C)(C)c1cnc(-c2[c-]cc3oc4ncccc4c3c2)cc1CC1CCCC1.C[Si](C)(C)c1cnc(-c2[c-]cc3sc4ncccc4c3c2)cc1CC1CCCC1.[Ir].[Ir].[Ir].[c-]1ccccc1-c1ccccn1.[c-]1ccccc1-c1ccccn1.[c-]1ccccc1-c1ccccn1. The Kier molecular flexibility index (Phi) is 33.6. The maximum Gasteiger partial charge on any atom is 0.216 e. The molecule has 7 aromatic carbocycles. The zero-order valence-electron chi connectivity index (χ0n) is 76.6. The number of hydrogen-bond acceptors (Lipinski definition) is 11. The first kappa shape index (κ1) is 97.5. The van der Waals surface area contributed by atoms with Crippen molar-refractivity contribution < 1.29 is 64.7 Å². The topological polar surface area (TPSA) is 129 Å². The first-order chi connectivity index (χ1) is 62.9. The molecule has 18 aromatic rings. The Hall–Kier alpha value is -10.5. The van der Waals surface area contributed by atoms with Crippen LogP contribution in [0.3, 0.4) is 0 Å². The molecule has 0 spiro atoms. The van der Waals surface area contributed by atoms with E-state index in [2.05, 4.69) is 236 Å². The molecule has 11 aromatic heterocycles. The predicted molar refractivity (Wildman–Crippen MR) is 543 cm³/mol. The van der Waals surface area contributed by atoms with Gasteiger partial charge in [-0.2, -0.15) is 11.3 Å². The molecule has 22 rings (SSSR count). The van der Waals surface area contributed by atoms with Gasteiger partial charge in [-0.15, -0.1) is 185 Å². The number of nitrogens with zero attached hydrogens (tertiary/aromatic N) is 9. The summed E-state index contributed by atoms with van der Waals surface area (Å²) in [5, 5.41) is 9.17. The number of pyridine rings is 9. The molecule has 1 atom stereocenters. The van der Waals surface area contributed by atoms with E-state index < -0.39 is 24.2 Å². The molecule has 0 bridgehead atoms. The van der Waals surface area contributed by atoms with Crippen LogP contribution in [0.4, 0.5) is 0 Å². The van der Waals surface area contributed by atoms with Gasteiger partial charge in [0.15, 0.2) is 0 Å². The van der Waals surface area contributed by atoms with Crippen LogP contribution in [0, 0.1) is 54.2 Å².